The van der Waals surface area contributed by atoms with Crippen molar-refractivity contribution in [1.29, 1.82) is 0 Å². The highest BCUT2D eigenvalue weighted by Crippen LogP contribution is 2.27. The van der Waals surface area contributed by atoms with Gasteiger partial charge < -0.3 is 9.90 Å². The van der Waals surface area contributed by atoms with E-state index in [0.29, 0.717) is 16.9 Å². The Kier molecular flexibility index (Phi) is 5.16. The van der Waals surface area contributed by atoms with Gasteiger partial charge in [0, 0.05) is 30.5 Å². The largest absolute Gasteiger partial charge is 0.506 e. The molecule has 1 heterocycles. The summed E-state index contributed by atoms with van der Waals surface area (Å²) in [5.74, 6) is -0.0743. The lowest BCUT2D eigenvalue weighted by Crippen LogP contribution is -2.17. The number of aldehydes is 1. The first-order valence-corrected chi connectivity index (χ1v) is 8.26. The zero-order valence-corrected chi connectivity index (χ0v) is 14.8. The van der Waals surface area contributed by atoms with Gasteiger partial charge in [0.25, 0.3) is 11.2 Å². The molecule has 0 fully saturated rings. The fourth-order valence-corrected chi connectivity index (χ4v) is 2.65. The van der Waals surface area contributed by atoms with Crippen molar-refractivity contribution in [3.8, 4) is 11.4 Å². The van der Waals surface area contributed by atoms with Crippen LogP contribution >= 0.6 is 0 Å². The molecule has 9 heteroatoms. The number of rotatable bonds is 6. The Labute approximate surface area is 158 Å². The number of nitrogens with zero attached hydrogens (tertiary/aromatic N) is 3. The summed E-state index contributed by atoms with van der Waals surface area (Å²) in [6, 6.07) is 10.2. The molecular weight excluding hydrogens is 364 g/mol. The minimum Gasteiger partial charge on any atom is -0.506 e. The Hall–Kier alpha value is -4.01. The number of phenolic OH excluding ortho intramolecular Hbond substituents is 1. The third-order valence-corrected chi connectivity index (χ3v) is 4.13. The standard InChI is InChI=1S/C19H16N4O5/c1-12-16(11-20-17-10-13(8-9-24)2-7-18(17)25)19(26)22(21-12)14-3-5-15(6-4-14)23(27)28/h2-7,9-11,21,25H,8H2,1H3. The van der Waals surface area contributed by atoms with Gasteiger partial charge in [-0.2, -0.15) is 0 Å². The topological polar surface area (TPSA) is 131 Å². The number of carbonyl (C=O) groups is 1. The fraction of sp³-hybridized carbons (Fsp3) is 0.105. The van der Waals surface area contributed by atoms with Gasteiger partial charge in [0.1, 0.15) is 17.7 Å². The number of aromatic amines is 1. The van der Waals surface area contributed by atoms with Gasteiger partial charge in [-0.1, -0.05) is 6.07 Å². The van der Waals surface area contributed by atoms with Gasteiger partial charge in [-0.15, -0.1) is 0 Å². The van der Waals surface area contributed by atoms with Crippen LogP contribution in [0.1, 0.15) is 16.8 Å². The van der Waals surface area contributed by atoms with Gasteiger partial charge in [-0.05, 0) is 36.8 Å². The van der Waals surface area contributed by atoms with Crippen molar-refractivity contribution in [2.75, 3.05) is 0 Å². The maximum absolute atomic E-state index is 12.7. The molecule has 0 amide bonds. The van der Waals surface area contributed by atoms with E-state index in [9.17, 15) is 24.8 Å². The first-order chi connectivity index (χ1) is 13.4. The lowest BCUT2D eigenvalue weighted by Gasteiger charge is -2.01. The molecule has 0 saturated heterocycles. The van der Waals surface area contributed by atoms with E-state index in [1.807, 2.05) is 0 Å². The lowest BCUT2D eigenvalue weighted by atomic mass is 10.1. The molecule has 1 aromatic heterocycles. The van der Waals surface area contributed by atoms with Crippen LogP contribution in [0.3, 0.4) is 0 Å². The van der Waals surface area contributed by atoms with Crippen LogP contribution in [0, 0.1) is 17.0 Å². The quantitative estimate of drug-likeness (QED) is 0.294. The summed E-state index contributed by atoms with van der Waals surface area (Å²) in [7, 11) is 0. The predicted octanol–water partition coefficient (Wildman–Crippen LogP) is 2.58. The average molecular weight is 380 g/mol. The second kappa shape index (κ2) is 7.70. The maximum atomic E-state index is 12.7. The first kappa shape index (κ1) is 18.8. The van der Waals surface area contributed by atoms with Gasteiger partial charge in [0.15, 0.2) is 0 Å². The number of aromatic hydroxyl groups is 1. The Morgan fingerprint density at radius 3 is 2.61 bits per heavy atom. The molecule has 2 N–H and O–H groups in total. The van der Waals surface area contributed by atoms with Crippen LogP contribution in [0.15, 0.2) is 52.3 Å². The zero-order valence-electron chi connectivity index (χ0n) is 14.8. The van der Waals surface area contributed by atoms with Gasteiger partial charge in [0.05, 0.1) is 16.2 Å². The lowest BCUT2D eigenvalue weighted by molar-refractivity contribution is -0.384. The summed E-state index contributed by atoms with van der Waals surface area (Å²) < 4.78 is 1.25. The number of H-pyrrole nitrogens is 1. The average Bonchev–Trinajstić information content (AvgIpc) is 2.96. The molecule has 0 bridgehead atoms. The normalized spacial score (nSPS) is 11.0. The number of nitrogens with one attached hydrogen (secondary N) is 1. The van der Waals surface area contributed by atoms with Crippen LogP contribution in [0.25, 0.3) is 5.69 Å². The first-order valence-electron chi connectivity index (χ1n) is 8.26. The van der Waals surface area contributed by atoms with Gasteiger partial charge in [0.2, 0.25) is 0 Å². The number of carbonyl (C=O) groups excluding carboxylic acids is 1. The highest BCUT2D eigenvalue weighted by molar-refractivity contribution is 5.83. The molecule has 0 radical (unpaired) electrons. The van der Waals surface area contributed by atoms with E-state index < -0.39 is 10.5 Å². The molecule has 0 aliphatic carbocycles. The SMILES string of the molecule is Cc1[nH]n(-c2ccc([N+](=O)[O-])cc2)c(=O)c1C=Nc1cc(CC=O)ccc1O. The van der Waals surface area contributed by atoms with Gasteiger partial charge in [-0.3, -0.25) is 25.0 Å². The zero-order chi connectivity index (χ0) is 20.3. The Balaban J connectivity index is 1.95. The highest BCUT2D eigenvalue weighted by atomic mass is 16.6. The maximum Gasteiger partial charge on any atom is 0.280 e. The fourth-order valence-electron chi connectivity index (χ4n) is 2.65. The third kappa shape index (κ3) is 3.73. The van der Waals surface area contributed by atoms with Gasteiger partial charge in [-0.25, -0.2) is 4.68 Å². The van der Waals surface area contributed by atoms with E-state index in [1.54, 1.807) is 19.1 Å². The number of aryl methyl sites for hydroxylation is 1. The summed E-state index contributed by atoms with van der Waals surface area (Å²) in [5.41, 5.74) is 1.71. The molecule has 0 saturated carbocycles. The van der Waals surface area contributed by atoms with Crippen molar-refractivity contribution in [3.05, 3.63) is 79.8 Å². The number of hydrogen-bond donors (Lipinski definition) is 2. The third-order valence-electron chi connectivity index (χ3n) is 4.13. The predicted molar refractivity (Wildman–Crippen MR) is 103 cm³/mol. The monoisotopic (exact) mass is 380 g/mol. The van der Waals surface area contributed by atoms with Crippen LogP contribution in [0.4, 0.5) is 11.4 Å². The number of nitro benzene ring substituents is 1. The molecule has 9 nitrogen and oxygen atoms in total. The van der Waals surface area contributed by atoms with Crippen molar-refractivity contribution in [2.45, 2.75) is 13.3 Å². The van der Waals surface area contributed by atoms with E-state index in [2.05, 4.69) is 10.1 Å². The van der Waals surface area contributed by atoms with Crippen LogP contribution in [-0.4, -0.2) is 32.3 Å². The second-order valence-electron chi connectivity index (χ2n) is 6.02. The molecular formula is C19H16N4O5. The van der Waals surface area contributed by atoms with Crippen molar-refractivity contribution >= 4 is 23.9 Å². The molecule has 0 spiro atoms. The van der Waals surface area contributed by atoms with Crippen molar-refractivity contribution in [1.82, 2.24) is 9.78 Å². The molecule has 0 aliphatic heterocycles. The van der Waals surface area contributed by atoms with Crippen LogP contribution in [0.5, 0.6) is 5.75 Å². The van der Waals surface area contributed by atoms with Crippen molar-refractivity contribution < 1.29 is 14.8 Å². The number of nitro groups is 1. The molecule has 0 aliphatic rings. The molecule has 3 aromatic rings. The van der Waals surface area contributed by atoms with Crippen LogP contribution in [0.2, 0.25) is 0 Å². The summed E-state index contributed by atoms with van der Waals surface area (Å²) in [4.78, 5) is 37.7. The summed E-state index contributed by atoms with van der Waals surface area (Å²) >= 11 is 0. The second-order valence-corrected chi connectivity index (χ2v) is 6.02. The van der Waals surface area contributed by atoms with E-state index in [0.717, 1.165) is 6.29 Å². The molecule has 28 heavy (non-hydrogen) atoms. The Bertz CT molecular complexity index is 1130. The molecule has 142 valence electrons. The number of benzene rings is 2. The number of hydrogen-bond acceptors (Lipinski definition) is 6. The number of aliphatic imine (C=N–C) groups is 1. The molecule has 0 unspecified atom stereocenters. The van der Waals surface area contributed by atoms with Gasteiger partial charge >= 0.3 is 0 Å². The van der Waals surface area contributed by atoms with E-state index in [-0.39, 0.29) is 29.1 Å². The summed E-state index contributed by atoms with van der Waals surface area (Å²) in [6.45, 7) is 1.69. The molecule has 2 aromatic carbocycles. The smallest absolute Gasteiger partial charge is 0.280 e. The number of phenols is 1. The van der Waals surface area contributed by atoms with E-state index in [1.165, 1.54) is 41.2 Å². The van der Waals surface area contributed by atoms with E-state index in [4.69, 9.17) is 0 Å². The van der Waals surface area contributed by atoms with Crippen molar-refractivity contribution in [2.24, 2.45) is 4.99 Å². The Morgan fingerprint density at radius 1 is 1.25 bits per heavy atom. The number of non-ortho nitro benzene ring substituents is 1. The van der Waals surface area contributed by atoms with Crippen LogP contribution < -0.4 is 5.56 Å². The highest BCUT2D eigenvalue weighted by Gasteiger charge is 2.12. The van der Waals surface area contributed by atoms with Crippen LogP contribution in [-0.2, 0) is 11.2 Å². The van der Waals surface area contributed by atoms with Crippen molar-refractivity contribution in [3.63, 3.8) is 0 Å². The minimum atomic E-state index is -0.518. The molecule has 0 atom stereocenters. The molecule has 3 rings (SSSR count). The summed E-state index contributed by atoms with van der Waals surface area (Å²) in [5, 5.41) is 23.6. The Morgan fingerprint density at radius 2 is 1.96 bits per heavy atom. The van der Waals surface area contributed by atoms with E-state index >= 15 is 0 Å². The summed E-state index contributed by atoms with van der Waals surface area (Å²) in [6.07, 6.45) is 2.27. The number of aromatic nitrogens is 2. The minimum absolute atomic E-state index is 0.0743.